The second-order valence-electron chi connectivity index (χ2n) is 4.78. The van der Waals surface area contributed by atoms with Crippen molar-refractivity contribution in [1.82, 2.24) is 10.0 Å². The lowest BCUT2D eigenvalue weighted by Gasteiger charge is -2.10. The number of carbonyl (C=O) groups is 1. The molecule has 0 spiro atoms. The van der Waals surface area contributed by atoms with Crippen molar-refractivity contribution >= 4 is 21.6 Å². The van der Waals surface area contributed by atoms with Gasteiger partial charge in [-0.3, -0.25) is 4.79 Å². The summed E-state index contributed by atoms with van der Waals surface area (Å²) in [6, 6.07) is 1.46. The van der Waals surface area contributed by atoms with E-state index in [0.717, 1.165) is 25.0 Å². The Kier molecular flexibility index (Phi) is 4.43. The van der Waals surface area contributed by atoms with Crippen LogP contribution in [-0.4, -0.2) is 27.4 Å². The number of nitrogens with two attached hydrogens (primary N) is 1. The summed E-state index contributed by atoms with van der Waals surface area (Å²) in [6.07, 6.45) is 1.67. The molecule has 1 saturated carbocycles. The highest BCUT2D eigenvalue weighted by molar-refractivity contribution is 7.89. The summed E-state index contributed by atoms with van der Waals surface area (Å²) in [5.41, 5.74) is 5.01. The van der Waals surface area contributed by atoms with Crippen molar-refractivity contribution in [2.75, 3.05) is 18.8 Å². The van der Waals surface area contributed by atoms with Crippen LogP contribution in [0.15, 0.2) is 17.0 Å². The van der Waals surface area contributed by atoms with Gasteiger partial charge in [0.25, 0.3) is 0 Å². The maximum Gasteiger partial charge on any atom is 0.246 e. The van der Waals surface area contributed by atoms with E-state index in [9.17, 15) is 22.0 Å². The van der Waals surface area contributed by atoms with Crippen LogP contribution in [0.25, 0.3) is 0 Å². The number of nitrogen functional groups attached to an aromatic ring is 1. The summed E-state index contributed by atoms with van der Waals surface area (Å²) >= 11 is 0. The molecular formula is C12H15F2N3O3S. The van der Waals surface area contributed by atoms with Gasteiger partial charge in [0.1, 0.15) is 11.6 Å². The van der Waals surface area contributed by atoms with Crippen LogP contribution in [0, 0.1) is 17.6 Å². The molecule has 116 valence electrons. The van der Waals surface area contributed by atoms with Gasteiger partial charge in [0, 0.05) is 24.7 Å². The predicted molar refractivity (Wildman–Crippen MR) is 71.7 cm³/mol. The molecule has 21 heavy (non-hydrogen) atoms. The first kappa shape index (κ1) is 15.6. The number of sulfonamides is 1. The van der Waals surface area contributed by atoms with Crippen LogP contribution in [0.1, 0.15) is 12.8 Å². The SMILES string of the molecule is Nc1cc(F)c(S(=O)(=O)NCCNC(=O)C2CC2)c(F)c1. The molecule has 0 bridgehead atoms. The van der Waals surface area contributed by atoms with Crippen LogP contribution in [0.2, 0.25) is 0 Å². The third-order valence-corrected chi connectivity index (χ3v) is 4.47. The number of rotatable bonds is 6. The molecule has 0 heterocycles. The number of hydrogen-bond donors (Lipinski definition) is 3. The van der Waals surface area contributed by atoms with E-state index in [1.807, 2.05) is 4.72 Å². The quantitative estimate of drug-likeness (QED) is 0.520. The van der Waals surface area contributed by atoms with Crippen LogP contribution >= 0.6 is 0 Å². The second kappa shape index (κ2) is 5.94. The Morgan fingerprint density at radius 3 is 2.33 bits per heavy atom. The van der Waals surface area contributed by atoms with Crippen LogP contribution in [0.5, 0.6) is 0 Å². The molecule has 0 radical (unpaired) electrons. The molecule has 1 aromatic carbocycles. The van der Waals surface area contributed by atoms with Crippen LogP contribution in [0.3, 0.4) is 0 Å². The maximum atomic E-state index is 13.5. The highest BCUT2D eigenvalue weighted by atomic mass is 32.2. The third-order valence-electron chi connectivity index (χ3n) is 2.95. The Balaban J connectivity index is 1.96. The number of nitrogens with one attached hydrogen (secondary N) is 2. The summed E-state index contributed by atoms with van der Waals surface area (Å²) < 4.78 is 52.8. The van der Waals surface area contributed by atoms with Gasteiger partial charge in [0.2, 0.25) is 15.9 Å². The van der Waals surface area contributed by atoms with Crippen LogP contribution in [-0.2, 0) is 14.8 Å². The monoisotopic (exact) mass is 319 g/mol. The van der Waals surface area contributed by atoms with Crippen molar-refractivity contribution in [2.24, 2.45) is 5.92 Å². The number of halogens is 2. The summed E-state index contributed by atoms with van der Waals surface area (Å²) in [5.74, 6) is -2.66. The lowest BCUT2D eigenvalue weighted by atomic mass is 10.3. The maximum absolute atomic E-state index is 13.5. The van der Waals surface area contributed by atoms with Gasteiger partial charge in [-0.25, -0.2) is 21.9 Å². The lowest BCUT2D eigenvalue weighted by Crippen LogP contribution is -2.35. The molecule has 4 N–H and O–H groups in total. The Bertz CT molecular complexity index is 637. The fraction of sp³-hybridized carbons (Fsp3) is 0.417. The number of anilines is 1. The Morgan fingerprint density at radius 2 is 1.81 bits per heavy atom. The van der Waals surface area contributed by atoms with Gasteiger partial charge >= 0.3 is 0 Å². The van der Waals surface area contributed by atoms with Gasteiger partial charge in [0.15, 0.2) is 4.90 Å². The van der Waals surface area contributed by atoms with E-state index in [1.165, 1.54) is 0 Å². The molecule has 1 aliphatic carbocycles. The molecule has 6 nitrogen and oxygen atoms in total. The standard InChI is InChI=1S/C12H15F2N3O3S/c13-9-5-8(15)6-10(14)11(9)21(19,20)17-4-3-16-12(18)7-1-2-7/h5-7,17H,1-4,15H2,(H,16,18). The molecule has 0 aliphatic heterocycles. The van der Waals surface area contributed by atoms with E-state index < -0.39 is 26.6 Å². The topological polar surface area (TPSA) is 101 Å². The van der Waals surface area contributed by atoms with Gasteiger partial charge in [-0.15, -0.1) is 0 Å². The van der Waals surface area contributed by atoms with Crippen molar-refractivity contribution in [1.29, 1.82) is 0 Å². The Morgan fingerprint density at radius 1 is 1.24 bits per heavy atom. The fourth-order valence-corrected chi connectivity index (χ4v) is 2.92. The van der Waals surface area contributed by atoms with Crippen LogP contribution < -0.4 is 15.8 Å². The van der Waals surface area contributed by atoms with Crippen molar-refractivity contribution in [3.63, 3.8) is 0 Å². The summed E-state index contributed by atoms with van der Waals surface area (Å²) in [5, 5.41) is 2.53. The van der Waals surface area contributed by atoms with Gasteiger partial charge in [-0.1, -0.05) is 0 Å². The predicted octanol–water partition coefficient (Wildman–Crippen LogP) is 0.351. The number of amides is 1. The molecule has 1 fully saturated rings. The molecule has 1 aliphatic rings. The normalized spacial score (nSPS) is 15.0. The molecule has 0 saturated heterocycles. The Hall–Kier alpha value is -1.74. The zero-order chi connectivity index (χ0) is 15.6. The molecule has 0 atom stereocenters. The highest BCUT2D eigenvalue weighted by Gasteiger charge is 2.29. The van der Waals surface area contributed by atoms with Crippen molar-refractivity contribution in [3.8, 4) is 0 Å². The molecule has 9 heteroatoms. The summed E-state index contributed by atoms with van der Waals surface area (Å²) in [7, 11) is -4.35. The lowest BCUT2D eigenvalue weighted by molar-refractivity contribution is -0.122. The van der Waals surface area contributed by atoms with E-state index in [4.69, 9.17) is 5.73 Å². The second-order valence-corrected chi connectivity index (χ2v) is 6.48. The van der Waals surface area contributed by atoms with Gasteiger partial charge < -0.3 is 11.1 Å². The average molecular weight is 319 g/mol. The molecule has 2 rings (SSSR count). The summed E-state index contributed by atoms with van der Waals surface area (Å²) in [6.45, 7) is -0.114. The van der Waals surface area contributed by atoms with E-state index >= 15 is 0 Å². The van der Waals surface area contributed by atoms with Gasteiger partial charge in [-0.05, 0) is 25.0 Å². The largest absolute Gasteiger partial charge is 0.399 e. The van der Waals surface area contributed by atoms with Gasteiger partial charge in [0.05, 0.1) is 0 Å². The first-order valence-corrected chi connectivity index (χ1v) is 7.81. The minimum atomic E-state index is -4.35. The molecule has 0 unspecified atom stereocenters. The molecule has 1 aromatic rings. The zero-order valence-electron chi connectivity index (χ0n) is 11.0. The molecule has 1 amide bonds. The fourth-order valence-electron chi connectivity index (χ4n) is 1.77. The van der Waals surface area contributed by atoms with Crippen molar-refractivity contribution in [2.45, 2.75) is 17.7 Å². The van der Waals surface area contributed by atoms with E-state index in [-0.39, 0.29) is 30.6 Å². The van der Waals surface area contributed by atoms with Crippen molar-refractivity contribution in [3.05, 3.63) is 23.8 Å². The first-order chi connectivity index (χ1) is 9.81. The number of benzene rings is 1. The Labute approximate surface area is 120 Å². The van der Waals surface area contributed by atoms with Crippen LogP contribution in [0.4, 0.5) is 14.5 Å². The van der Waals surface area contributed by atoms with Crippen molar-refractivity contribution < 1.29 is 22.0 Å². The molecular weight excluding hydrogens is 304 g/mol. The van der Waals surface area contributed by atoms with E-state index in [2.05, 4.69) is 5.32 Å². The van der Waals surface area contributed by atoms with E-state index in [1.54, 1.807) is 0 Å². The summed E-state index contributed by atoms with van der Waals surface area (Å²) in [4.78, 5) is 10.2. The zero-order valence-corrected chi connectivity index (χ0v) is 11.8. The average Bonchev–Trinajstić information content (AvgIpc) is 3.16. The smallest absolute Gasteiger partial charge is 0.246 e. The number of hydrogen-bond acceptors (Lipinski definition) is 4. The van der Waals surface area contributed by atoms with E-state index in [0.29, 0.717) is 0 Å². The molecule has 0 aromatic heterocycles. The highest BCUT2D eigenvalue weighted by Crippen LogP contribution is 2.28. The first-order valence-electron chi connectivity index (χ1n) is 6.33. The number of carbonyl (C=O) groups excluding carboxylic acids is 1. The third kappa shape index (κ3) is 3.88. The van der Waals surface area contributed by atoms with Gasteiger partial charge in [-0.2, -0.15) is 0 Å². The minimum Gasteiger partial charge on any atom is -0.399 e. The minimum absolute atomic E-state index is 0.00796.